The smallest absolute Gasteiger partial charge is 0.266 e. The Kier molecular flexibility index (Phi) is 4.12. The molecule has 0 aromatic carbocycles. The normalized spacial score (nSPS) is 22.1. The summed E-state index contributed by atoms with van der Waals surface area (Å²) in [4.78, 5) is 12.6. The predicted octanol–water partition coefficient (Wildman–Crippen LogP) is -1.99. The second-order valence-electron chi connectivity index (χ2n) is 4.03. The van der Waals surface area contributed by atoms with Crippen molar-refractivity contribution in [1.29, 1.82) is 0 Å². The van der Waals surface area contributed by atoms with Crippen LogP contribution in [0.15, 0.2) is 0 Å². The molecule has 1 atom stereocenters. The molecule has 0 saturated carbocycles. The Labute approximate surface area is 99.6 Å². The van der Waals surface area contributed by atoms with Crippen molar-refractivity contribution in [2.75, 3.05) is 24.6 Å². The van der Waals surface area contributed by atoms with E-state index >= 15 is 0 Å². The molecule has 0 aliphatic carbocycles. The lowest BCUT2D eigenvalue weighted by molar-refractivity contribution is -0.127. The summed E-state index contributed by atoms with van der Waals surface area (Å²) in [7, 11) is -7.77. The van der Waals surface area contributed by atoms with Crippen molar-refractivity contribution in [2.45, 2.75) is 6.42 Å². The zero-order valence-corrected chi connectivity index (χ0v) is 10.6. The van der Waals surface area contributed by atoms with E-state index in [1.165, 1.54) is 4.90 Å². The minimum atomic E-state index is -4.12. The lowest BCUT2D eigenvalue weighted by atomic mass is 10.1. The standard InChI is InChI=1S/C7H14N2O6S2/c8-16(11,12)5-6-3-7(10)9(4-6)1-2-17(13,14)15/h6H,1-5H2,(H2,8,11,12)(H,13,14,15). The van der Waals surface area contributed by atoms with Crippen molar-refractivity contribution >= 4 is 26.0 Å². The second kappa shape index (κ2) is 4.88. The number of hydrogen-bond acceptors (Lipinski definition) is 5. The van der Waals surface area contributed by atoms with Crippen molar-refractivity contribution in [3.63, 3.8) is 0 Å². The number of carbonyl (C=O) groups is 1. The van der Waals surface area contributed by atoms with E-state index in [-0.39, 0.29) is 31.2 Å². The lowest BCUT2D eigenvalue weighted by Crippen LogP contribution is -2.31. The van der Waals surface area contributed by atoms with Crippen LogP contribution in [0.1, 0.15) is 6.42 Å². The Morgan fingerprint density at radius 3 is 2.41 bits per heavy atom. The van der Waals surface area contributed by atoms with Gasteiger partial charge in [-0.15, -0.1) is 0 Å². The van der Waals surface area contributed by atoms with Gasteiger partial charge >= 0.3 is 0 Å². The van der Waals surface area contributed by atoms with Gasteiger partial charge in [-0.2, -0.15) is 8.42 Å². The van der Waals surface area contributed by atoms with Gasteiger partial charge in [0.15, 0.2) is 0 Å². The first kappa shape index (κ1) is 14.4. The summed E-state index contributed by atoms with van der Waals surface area (Å²) in [6.45, 7) is 0.00354. The van der Waals surface area contributed by atoms with E-state index in [1.54, 1.807) is 0 Å². The zero-order chi connectivity index (χ0) is 13.3. The summed E-state index contributed by atoms with van der Waals surface area (Å²) >= 11 is 0. The maximum Gasteiger partial charge on any atom is 0.266 e. The average molecular weight is 286 g/mol. The molecule has 0 bridgehead atoms. The van der Waals surface area contributed by atoms with Gasteiger partial charge in [-0.25, -0.2) is 13.6 Å². The molecule has 10 heteroatoms. The molecule has 1 unspecified atom stereocenters. The highest BCUT2D eigenvalue weighted by Crippen LogP contribution is 2.18. The van der Waals surface area contributed by atoms with Gasteiger partial charge in [-0.1, -0.05) is 0 Å². The summed E-state index contributed by atoms with van der Waals surface area (Å²) in [5.74, 6) is -1.61. The number of nitrogens with zero attached hydrogens (tertiary/aromatic N) is 1. The minimum absolute atomic E-state index is 0.0297. The summed E-state index contributed by atoms with van der Waals surface area (Å²) in [6, 6.07) is 0. The van der Waals surface area contributed by atoms with Crippen LogP contribution < -0.4 is 5.14 Å². The van der Waals surface area contributed by atoms with Gasteiger partial charge in [-0.05, 0) is 0 Å². The molecule has 8 nitrogen and oxygen atoms in total. The van der Waals surface area contributed by atoms with Gasteiger partial charge in [0, 0.05) is 25.4 Å². The third-order valence-electron chi connectivity index (χ3n) is 2.38. The van der Waals surface area contributed by atoms with Crippen LogP contribution in [0.25, 0.3) is 0 Å². The molecule has 1 heterocycles. The molecule has 3 N–H and O–H groups in total. The molecule has 100 valence electrons. The number of nitrogens with two attached hydrogens (primary N) is 1. The second-order valence-corrected chi connectivity index (χ2v) is 7.26. The number of hydrogen-bond donors (Lipinski definition) is 2. The van der Waals surface area contributed by atoms with Crippen LogP contribution in [0, 0.1) is 5.92 Å². The Balaban J connectivity index is 2.53. The first-order valence-electron chi connectivity index (χ1n) is 4.80. The Hall–Kier alpha value is -0.710. The first-order chi connectivity index (χ1) is 7.57. The number of rotatable bonds is 5. The average Bonchev–Trinajstić information content (AvgIpc) is 2.38. The topological polar surface area (TPSA) is 135 Å². The Morgan fingerprint density at radius 1 is 1.35 bits per heavy atom. The van der Waals surface area contributed by atoms with Crippen molar-refractivity contribution < 1.29 is 26.2 Å². The van der Waals surface area contributed by atoms with E-state index in [0.717, 1.165) is 0 Å². The predicted molar refractivity (Wildman–Crippen MR) is 59.1 cm³/mol. The van der Waals surface area contributed by atoms with Gasteiger partial charge in [0.05, 0.1) is 11.5 Å². The Morgan fingerprint density at radius 2 is 1.94 bits per heavy atom. The highest BCUT2D eigenvalue weighted by Gasteiger charge is 2.32. The van der Waals surface area contributed by atoms with Crippen molar-refractivity contribution in [2.24, 2.45) is 11.1 Å². The van der Waals surface area contributed by atoms with Crippen LogP contribution >= 0.6 is 0 Å². The molecule has 1 aliphatic rings. The number of amides is 1. The summed E-state index contributed by atoms with van der Waals surface area (Å²) < 4.78 is 51.2. The molecule has 1 aliphatic heterocycles. The molecule has 0 spiro atoms. The van der Waals surface area contributed by atoms with E-state index in [2.05, 4.69) is 0 Å². The third-order valence-corrected chi connectivity index (χ3v) is 4.02. The zero-order valence-electron chi connectivity index (χ0n) is 8.94. The van der Waals surface area contributed by atoms with Crippen LogP contribution in [0.4, 0.5) is 0 Å². The van der Waals surface area contributed by atoms with E-state index in [0.29, 0.717) is 0 Å². The first-order valence-corrected chi connectivity index (χ1v) is 8.13. The molecular formula is C7H14N2O6S2. The third kappa shape index (κ3) is 5.44. The molecule has 1 saturated heterocycles. The van der Waals surface area contributed by atoms with Gasteiger partial charge < -0.3 is 4.90 Å². The largest absolute Gasteiger partial charge is 0.341 e. The van der Waals surface area contributed by atoms with E-state index in [4.69, 9.17) is 9.69 Å². The lowest BCUT2D eigenvalue weighted by Gasteiger charge is -2.15. The van der Waals surface area contributed by atoms with Crippen LogP contribution in [0.3, 0.4) is 0 Å². The van der Waals surface area contributed by atoms with Gasteiger partial charge in [0.25, 0.3) is 10.1 Å². The molecule has 1 rings (SSSR count). The Bertz CT molecular complexity index is 496. The minimum Gasteiger partial charge on any atom is -0.341 e. The monoisotopic (exact) mass is 286 g/mol. The SMILES string of the molecule is NS(=O)(=O)CC1CC(=O)N(CCS(=O)(=O)O)C1. The van der Waals surface area contributed by atoms with Gasteiger partial charge in [-0.3, -0.25) is 9.35 Å². The van der Waals surface area contributed by atoms with Crippen LogP contribution in [0.2, 0.25) is 0 Å². The fraction of sp³-hybridized carbons (Fsp3) is 0.857. The molecule has 0 aromatic heterocycles. The quantitative estimate of drug-likeness (QED) is 0.562. The number of primary sulfonamides is 1. The maximum atomic E-state index is 11.4. The molecular weight excluding hydrogens is 272 g/mol. The van der Waals surface area contributed by atoms with Crippen LogP contribution in [-0.4, -0.2) is 56.8 Å². The molecule has 0 radical (unpaired) electrons. The molecule has 17 heavy (non-hydrogen) atoms. The van der Waals surface area contributed by atoms with Crippen LogP contribution in [0.5, 0.6) is 0 Å². The highest BCUT2D eigenvalue weighted by molar-refractivity contribution is 7.89. The van der Waals surface area contributed by atoms with Crippen molar-refractivity contribution in [3.05, 3.63) is 0 Å². The fourth-order valence-corrected chi connectivity index (χ4v) is 3.07. The van der Waals surface area contributed by atoms with E-state index in [1.807, 2.05) is 0 Å². The van der Waals surface area contributed by atoms with Crippen LogP contribution in [-0.2, 0) is 24.9 Å². The van der Waals surface area contributed by atoms with E-state index in [9.17, 15) is 21.6 Å². The summed E-state index contributed by atoms with van der Waals surface area (Å²) in [5.41, 5.74) is 0. The highest BCUT2D eigenvalue weighted by atomic mass is 32.2. The molecule has 0 aromatic rings. The summed E-state index contributed by atoms with van der Waals surface area (Å²) in [6.07, 6.45) is 0.0297. The van der Waals surface area contributed by atoms with Gasteiger partial charge in [0.1, 0.15) is 0 Å². The van der Waals surface area contributed by atoms with Gasteiger partial charge in [0.2, 0.25) is 15.9 Å². The number of sulfonamides is 1. The molecule has 1 fully saturated rings. The number of likely N-dealkylation sites (tertiary alicyclic amines) is 1. The number of carbonyl (C=O) groups excluding carboxylic acids is 1. The van der Waals surface area contributed by atoms with Crippen molar-refractivity contribution in [3.8, 4) is 0 Å². The van der Waals surface area contributed by atoms with Crippen molar-refractivity contribution in [1.82, 2.24) is 4.90 Å². The summed E-state index contributed by atoms with van der Waals surface area (Å²) in [5, 5.41) is 4.86. The van der Waals surface area contributed by atoms with E-state index < -0.39 is 31.8 Å². The fourth-order valence-electron chi connectivity index (χ4n) is 1.74. The maximum absolute atomic E-state index is 11.4. The molecule has 1 amide bonds.